The van der Waals surface area contributed by atoms with Gasteiger partial charge in [-0.25, -0.2) is 4.79 Å². The molecule has 0 atom stereocenters. The van der Waals surface area contributed by atoms with Crippen LogP contribution in [0.1, 0.15) is 71.1 Å². The lowest BCUT2D eigenvalue weighted by atomic mass is 10.0. The first-order valence-electron chi connectivity index (χ1n) is 7.82. The Morgan fingerprint density at radius 3 is 2.14 bits per heavy atom. The fourth-order valence-corrected chi connectivity index (χ4v) is 2.16. The lowest BCUT2D eigenvalue weighted by molar-refractivity contribution is -0.137. The van der Waals surface area contributed by atoms with Crippen LogP contribution in [0.2, 0.25) is 0 Å². The van der Waals surface area contributed by atoms with Crippen molar-refractivity contribution in [3.63, 3.8) is 0 Å². The molecule has 0 bridgehead atoms. The molecule has 0 aliphatic rings. The molecule has 0 aromatic heterocycles. The number of rotatable bonds is 12. The number of terminal acetylenes is 1. The zero-order valence-corrected chi connectivity index (χ0v) is 13.5. The average Bonchev–Trinajstić information content (AvgIpc) is 2.46. The molecule has 21 heavy (non-hydrogen) atoms. The Bertz CT molecular complexity index is 374. The molecule has 0 aliphatic heterocycles. The molecule has 0 rings (SSSR count). The molecule has 118 valence electrons. The standard InChI is InChI=1S/C18H28O3/c1-4-5-6-7-8-9-10-11-12-13-14-17(15-16(2)19)18(20)21-3/h1,14H,5-13,15H2,2-3H3. The van der Waals surface area contributed by atoms with Crippen LogP contribution in [0.15, 0.2) is 11.6 Å². The molecule has 0 aromatic carbocycles. The van der Waals surface area contributed by atoms with Crippen LogP contribution < -0.4 is 0 Å². The van der Waals surface area contributed by atoms with Gasteiger partial charge in [0.05, 0.1) is 7.11 Å². The third kappa shape index (κ3) is 11.9. The molecule has 0 amide bonds. The van der Waals surface area contributed by atoms with E-state index in [1.165, 1.54) is 39.7 Å². The Morgan fingerprint density at radius 2 is 1.62 bits per heavy atom. The first kappa shape index (κ1) is 19.4. The molecule has 0 spiro atoms. The Morgan fingerprint density at radius 1 is 1.05 bits per heavy atom. The molecule has 0 heterocycles. The lowest BCUT2D eigenvalue weighted by Gasteiger charge is -2.04. The second-order valence-electron chi connectivity index (χ2n) is 5.32. The quantitative estimate of drug-likeness (QED) is 0.234. The van der Waals surface area contributed by atoms with Gasteiger partial charge in [0.15, 0.2) is 0 Å². The summed E-state index contributed by atoms with van der Waals surface area (Å²) < 4.78 is 4.68. The van der Waals surface area contributed by atoms with Gasteiger partial charge in [-0.05, 0) is 26.2 Å². The van der Waals surface area contributed by atoms with E-state index in [0.29, 0.717) is 5.57 Å². The van der Waals surface area contributed by atoms with Crippen molar-refractivity contribution in [1.29, 1.82) is 0 Å². The van der Waals surface area contributed by atoms with E-state index in [-0.39, 0.29) is 12.2 Å². The van der Waals surface area contributed by atoms with E-state index < -0.39 is 5.97 Å². The fourth-order valence-electron chi connectivity index (χ4n) is 2.16. The number of esters is 1. The summed E-state index contributed by atoms with van der Waals surface area (Å²) >= 11 is 0. The number of carbonyl (C=O) groups is 2. The van der Waals surface area contributed by atoms with Crippen molar-refractivity contribution in [2.24, 2.45) is 0 Å². The van der Waals surface area contributed by atoms with Crippen LogP contribution in [0.25, 0.3) is 0 Å². The van der Waals surface area contributed by atoms with Gasteiger partial charge in [0, 0.05) is 18.4 Å². The van der Waals surface area contributed by atoms with E-state index in [1.807, 2.05) is 6.08 Å². The topological polar surface area (TPSA) is 43.4 Å². The normalized spacial score (nSPS) is 11.0. The Labute approximate surface area is 129 Å². The number of ether oxygens (including phenoxy) is 1. The van der Waals surface area contributed by atoms with Crippen LogP contribution >= 0.6 is 0 Å². The number of methoxy groups -OCH3 is 1. The van der Waals surface area contributed by atoms with E-state index >= 15 is 0 Å². The second kappa shape index (κ2) is 13.4. The van der Waals surface area contributed by atoms with E-state index in [2.05, 4.69) is 10.7 Å². The molecule has 0 saturated carbocycles. The molecule has 0 fully saturated rings. The summed E-state index contributed by atoms with van der Waals surface area (Å²) in [5, 5.41) is 0. The number of ketones is 1. The van der Waals surface area contributed by atoms with Gasteiger partial charge in [-0.2, -0.15) is 0 Å². The van der Waals surface area contributed by atoms with Crippen molar-refractivity contribution < 1.29 is 14.3 Å². The summed E-state index contributed by atoms with van der Waals surface area (Å²) in [6, 6.07) is 0. The van der Waals surface area contributed by atoms with Crippen molar-refractivity contribution in [3.05, 3.63) is 11.6 Å². The lowest BCUT2D eigenvalue weighted by Crippen LogP contribution is -2.08. The van der Waals surface area contributed by atoms with Gasteiger partial charge in [0.2, 0.25) is 0 Å². The highest BCUT2D eigenvalue weighted by molar-refractivity contribution is 5.95. The van der Waals surface area contributed by atoms with Crippen molar-refractivity contribution in [1.82, 2.24) is 0 Å². The first-order chi connectivity index (χ1) is 10.1. The summed E-state index contributed by atoms with van der Waals surface area (Å²) in [6.07, 6.45) is 17.2. The van der Waals surface area contributed by atoms with Gasteiger partial charge in [0.1, 0.15) is 5.78 Å². The monoisotopic (exact) mass is 292 g/mol. The van der Waals surface area contributed by atoms with Crippen LogP contribution in [-0.4, -0.2) is 18.9 Å². The predicted molar refractivity (Wildman–Crippen MR) is 85.8 cm³/mol. The molecule has 0 aliphatic carbocycles. The molecule has 3 nitrogen and oxygen atoms in total. The van der Waals surface area contributed by atoms with Crippen LogP contribution in [0.3, 0.4) is 0 Å². The largest absolute Gasteiger partial charge is 0.466 e. The number of hydrogen-bond donors (Lipinski definition) is 0. The van der Waals surface area contributed by atoms with Gasteiger partial charge >= 0.3 is 5.97 Å². The number of unbranched alkanes of at least 4 members (excludes halogenated alkanes) is 8. The van der Waals surface area contributed by atoms with Crippen molar-refractivity contribution in [2.45, 2.75) is 71.1 Å². The molecule has 0 aromatic rings. The van der Waals surface area contributed by atoms with E-state index in [1.54, 1.807) is 0 Å². The Hall–Kier alpha value is -1.56. The zero-order chi connectivity index (χ0) is 15.9. The number of allylic oxidation sites excluding steroid dienone is 1. The van der Waals surface area contributed by atoms with E-state index in [4.69, 9.17) is 6.42 Å². The summed E-state index contributed by atoms with van der Waals surface area (Å²) in [5.41, 5.74) is 0.485. The molecule has 0 unspecified atom stereocenters. The number of Topliss-reactive ketones (excluding diaryl/α,β-unsaturated/α-hetero) is 1. The summed E-state index contributed by atoms with van der Waals surface area (Å²) in [6.45, 7) is 1.48. The highest BCUT2D eigenvalue weighted by Crippen LogP contribution is 2.12. The van der Waals surface area contributed by atoms with E-state index in [9.17, 15) is 9.59 Å². The SMILES string of the molecule is C#CCCCCCCCCCC=C(CC(C)=O)C(=O)OC. The number of hydrogen-bond acceptors (Lipinski definition) is 3. The fraction of sp³-hybridized carbons (Fsp3) is 0.667. The molecule has 3 heteroatoms. The van der Waals surface area contributed by atoms with Crippen LogP contribution in [0.5, 0.6) is 0 Å². The van der Waals surface area contributed by atoms with Crippen molar-refractivity contribution in [3.8, 4) is 12.3 Å². The van der Waals surface area contributed by atoms with Gasteiger partial charge in [-0.1, -0.05) is 38.2 Å². The average molecular weight is 292 g/mol. The minimum atomic E-state index is -0.390. The van der Waals surface area contributed by atoms with Gasteiger partial charge < -0.3 is 4.74 Å². The second-order valence-corrected chi connectivity index (χ2v) is 5.32. The first-order valence-corrected chi connectivity index (χ1v) is 7.82. The predicted octanol–water partition coefficient (Wildman–Crippen LogP) is 4.21. The molecular weight excluding hydrogens is 264 g/mol. The minimum Gasteiger partial charge on any atom is -0.466 e. The van der Waals surface area contributed by atoms with Crippen molar-refractivity contribution in [2.75, 3.05) is 7.11 Å². The molecule has 0 N–H and O–H groups in total. The summed E-state index contributed by atoms with van der Waals surface area (Å²) in [4.78, 5) is 22.6. The van der Waals surface area contributed by atoms with Crippen molar-refractivity contribution >= 4 is 11.8 Å². The third-order valence-corrected chi connectivity index (χ3v) is 3.30. The number of carbonyl (C=O) groups excluding carboxylic acids is 2. The highest BCUT2D eigenvalue weighted by Gasteiger charge is 2.11. The van der Waals surface area contributed by atoms with Gasteiger partial charge in [-0.15, -0.1) is 12.3 Å². The Balaban J connectivity index is 3.74. The summed E-state index contributed by atoms with van der Waals surface area (Å²) in [5.74, 6) is 2.25. The third-order valence-electron chi connectivity index (χ3n) is 3.30. The molecule has 0 saturated heterocycles. The van der Waals surface area contributed by atoms with Crippen LogP contribution in [0.4, 0.5) is 0 Å². The van der Waals surface area contributed by atoms with Gasteiger partial charge in [-0.3, -0.25) is 4.79 Å². The summed E-state index contributed by atoms with van der Waals surface area (Å²) in [7, 11) is 1.34. The Kier molecular flexibility index (Phi) is 12.4. The molecule has 0 radical (unpaired) electrons. The smallest absolute Gasteiger partial charge is 0.333 e. The minimum absolute atomic E-state index is 0.0152. The maximum atomic E-state index is 11.5. The van der Waals surface area contributed by atoms with E-state index in [0.717, 1.165) is 32.1 Å². The highest BCUT2D eigenvalue weighted by atomic mass is 16.5. The zero-order valence-electron chi connectivity index (χ0n) is 13.5. The van der Waals surface area contributed by atoms with Gasteiger partial charge in [0.25, 0.3) is 0 Å². The maximum Gasteiger partial charge on any atom is 0.333 e. The maximum absolute atomic E-state index is 11.5. The van der Waals surface area contributed by atoms with Crippen LogP contribution in [-0.2, 0) is 14.3 Å². The molecular formula is C18H28O3. The van der Waals surface area contributed by atoms with Crippen LogP contribution in [0, 0.1) is 12.3 Å².